The van der Waals surface area contributed by atoms with Gasteiger partial charge in [0.15, 0.2) is 0 Å². The molecule has 0 bridgehead atoms. The number of nitriles is 1. The second-order valence-corrected chi connectivity index (χ2v) is 5.35. The van der Waals surface area contributed by atoms with Crippen LogP contribution in [-0.2, 0) is 4.79 Å². The molecule has 1 unspecified atom stereocenters. The molecule has 0 aliphatic heterocycles. The largest absolute Gasteiger partial charge is 0.352 e. The Morgan fingerprint density at radius 1 is 1.38 bits per heavy atom. The minimum atomic E-state index is -0.710. The fraction of sp³-hybridized carbons (Fsp3) is 0.846. The Labute approximate surface area is 97.2 Å². The van der Waals surface area contributed by atoms with Gasteiger partial charge in [0.1, 0.15) is 5.41 Å². The Bertz CT molecular complexity index is 308. The van der Waals surface area contributed by atoms with Crippen LogP contribution in [0.3, 0.4) is 0 Å². The second-order valence-electron chi connectivity index (χ2n) is 5.35. The van der Waals surface area contributed by atoms with Gasteiger partial charge in [-0.2, -0.15) is 5.26 Å². The highest BCUT2D eigenvalue weighted by molar-refractivity contribution is 5.85. The van der Waals surface area contributed by atoms with Gasteiger partial charge in [-0.05, 0) is 38.5 Å². The summed E-state index contributed by atoms with van der Waals surface area (Å²) >= 11 is 0. The summed E-state index contributed by atoms with van der Waals surface area (Å²) in [7, 11) is 0. The van der Waals surface area contributed by atoms with Gasteiger partial charge >= 0.3 is 0 Å². The predicted molar refractivity (Wildman–Crippen MR) is 61.5 cm³/mol. The van der Waals surface area contributed by atoms with Crippen molar-refractivity contribution in [1.29, 1.82) is 5.26 Å². The van der Waals surface area contributed by atoms with Crippen molar-refractivity contribution in [2.24, 2.45) is 11.3 Å². The van der Waals surface area contributed by atoms with Crippen LogP contribution in [0, 0.1) is 22.7 Å². The number of hydrogen-bond acceptors (Lipinski definition) is 2. The molecular weight excluding hydrogens is 200 g/mol. The van der Waals surface area contributed by atoms with Crippen molar-refractivity contribution in [3.63, 3.8) is 0 Å². The van der Waals surface area contributed by atoms with E-state index in [1.807, 2.05) is 0 Å². The zero-order valence-electron chi connectivity index (χ0n) is 9.96. The maximum absolute atomic E-state index is 12.1. The lowest BCUT2D eigenvalue weighted by molar-refractivity contribution is -0.129. The maximum atomic E-state index is 12.1. The van der Waals surface area contributed by atoms with E-state index >= 15 is 0 Å². The number of nitrogens with one attached hydrogen (secondary N) is 1. The minimum Gasteiger partial charge on any atom is -0.352 e. The van der Waals surface area contributed by atoms with Crippen LogP contribution in [-0.4, -0.2) is 11.9 Å². The monoisotopic (exact) mass is 220 g/mol. The third kappa shape index (κ3) is 1.93. The van der Waals surface area contributed by atoms with Crippen molar-refractivity contribution < 1.29 is 4.79 Å². The molecule has 88 valence electrons. The van der Waals surface area contributed by atoms with E-state index in [1.54, 1.807) is 0 Å². The third-order valence-corrected chi connectivity index (χ3v) is 4.32. The molecule has 2 fully saturated rings. The quantitative estimate of drug-likeness (QED) is 0.794. The Morgan fingerprint density at radius 3 is 2.44 bits per heavy atom. The lowest BCUT2D eigenvalue weighted by Gasteiger charge is -2.33. The lowest BCUT2D eigenvalue weighted by Crippen LogP contribution is -2.46. The van der Waals surface area contributed by atoms with E-state index in [0.717, 1.165) is 25.7 Å². The van der Waals surface area contributed by atoms with Gasteiger partial charge in [0, 0.05) is 6.04 Å². The van der Waals surface area contributed by atoms with Gasteiger partial charge in [-0.15, -0.1) is 0 Å². The van der Waals surface area contributed by atoms with Crippen molar-refractivity contribution in [3.05, 3.63) is 0 Å². The van der Waals surface area contributed by atoms with E-state index < -0.39 is 5.41 Å². The van der Waals surface area contributed by atoms with Crippen molar-refractivity contribution in [2.45, 2.75) is 57.9 Å². The summed E-state index contributed by atoms with van der Waals surface area (Å²) in [5.74, 6) is 0.619. The average Bonchev–Trinajstić information content (AvgIpc) is 2.63. The summed E-state index contributed by atoms with van der Waals surface area (Å²) in [6.45, 7) is 2.07. The number of amides is 1. The van der Waals surface area contributed by atoms with Crippen molar-refractivity contribution >= 4 is 5.91 Å². The van der Waals surface area contributed by atoms with Crippen molar-refractivity contribution in [3.8, 4) is 6.07 Å². The lowest BCUT2D eigenvalue weighted by atomic mass is 9.79. The summed E-state index contributed by atoms with van der Waals surface area (Å²) in [5.41, 5.74) is -0.710. The summed E-state index contributed by atoms with van der Waals surface area (Å²) in [5, 5.41) is 12.3. The molecule has 3 nitrogen and oxygen atoms in total. The first-order chi connectivity index (χ1) is 7.68. The molecule has 3 heteroatoms. The Balaban J connectivity index is 1.93. The molecule has 16 heavy (non-hydrogen) atoms. The van der Waals surface area contributed by atoms with Gasteiger partial charge in [-0.3, -0.25) is 4.79 Å². The molecule has 0 radical (unpaired) electrons. The van der Waals surface area contributed by atoms with Gasteiger partial charge in [-0.1, -0.05) is 19.3 Å². The highest BCUT2D eigenvalue weighted by atomic mass is 16.2. The number of rotatable bonds is 3. The molecule has 2 aliphatic rings. The molecule has 1 N–H and O–H groups in total. The number of hydrogen-bond donors (Lipinski definition) is 1. The highest BCUT2D eigenvalue weighted by Gasteiger charge is 2.42. The third-order valence-electron chi connectivity index (χ3n) is 4.32. The SMILES string of the molecule is CC(NC(=O)C1(C#N)CCCC1)C1CCC1. The maximum Gasteiger partial charge on any atom is 0.240 e. The standard InChI is InChI=1S/C13H20N2O/c1-10(11-5-4-6-11)15-12(16)13(9-14)7-2-3-8-13/h10-11H,2-8H2,1H3,(H,15,16). The molecule has 2 rings (SSSR count). The first-order valence-corrected chi connectivity index (χ1v) is 6.40. The zero-order valence-corrected chi connectivity index (χ0v) is 9.96. The molecule has 1 atom stereocenters. The molecule has 0 heterocycles. The van der Waals surface area contributed by atoms with Gasteiger partial charge < -0.3 is 5.32 Å². The number of carbonyl (C=O) groups excluding carboxylic acids is 1. The fourth-order valence-corrected chi connectivity index (χ4v) is 2.77. The van der Waals surface area contributed by atoms with E-state index in [0.29, 0.717) is 5.92 Å². The summed E-state index contributed by atoms with van der Waals surface area (Å²) in [6, 6.07) is 2.49. The van der Waals surface area contributed by atoms with Gasteiger partial charge in [0.2, 0.25) is 5.91 Å². The molecule has 0 aromatic rings. The smallest absolute Gasteiger partial charge is 0.240 e. The molecule has 2 saturated carbocycles. The van der Waals surface area contributed by atoms with Crippen LogP contribution >= 0.6 is 0 Å². The first kappa shape index (κ1) is 11.4. The van der Waals surface area contributed by atoms with Gasteiger partial charge in [-0.25, -0.2) is 0 Å². The Hall–Kier alpha value is -1.04. The van der Waals surface area contributed by atoms with Crippen LogP contribution < -0.4 is 5.32 Å². The van der Waals surface area contributed by atoms with Gasteiger partial charge in [0.25, 0.3) is 0 Å². The van der Waals surface area contributed by atoms with Crippen molar-refractivity contribution in [1.82, 2.24) is 5.32 Å². The number of nitrogens with zero attached hydrogens (tertiary/aromatic N) is 1. The normalized spacial score (nSPS) is 25.5. The molecule has 0 saturated heterocycles. The molecule has 1 amide bonds. The van der Waals surface area contributed by atoms with Crippen LogP contribution in [0.4, 0.5) is 0 Å². The fourth-order valence-electron chi connectivity index (χ4n) is 2.77. The van der Waals surface area contributed by atoms with Crippen molar-refractivity contribution in [2.75, 3.05) is 0 Å². The summed E-state index contributed by atoms with van der Waals surface area (Å²) in [4.78, 5) is 12.1. The van der Waals surface area contributed by atoms with E-state index in [2.05, 4.69) is 18.3 Å². The van der Waals surface area contributed by atoms with E-state index in [1.165, 1.54) is 19.3 Å². The minimum absolute atomic E-state index is 0.0214. The summed E-state index contributed by atoms with van der Waals surface area (Å²) < 4.78 is 0. The van der Waals surface area contributed by atoms with Crippen LogP contribution in [0.1, 0.15) is 51.9 Å². The van der Waals surface area contributed by atoms with Crippen LogP contribution in [0.5, 0.6) is 0 Å². The molecule has 0 aromatic carbocycles. The van der Waals surface area contributed by atoms with Gasteiger partial charge in [0.05, 0.1) is 6.07 Å². The number of carbonyl (C=O) groups is 1. The predicted octanol–water partition coefficient (Wildman–Crippen LogP) is 2.38. The molecule has 2 aliphatic carbocycles. The average molecular weight is 220 g/mol. The Kier molecular flexibility index (Phi) is 3.18. The zero-order chi connectivity index (χ0) is 11.6. The van der Waals surface area contributed by atoms with Crippen LogP contribution in [0.15, 0.2) is 0 Å². The van der Waals surface area contributed by atoms with E-state index in [4.69, 9.17) is 0 Å². The highest BCUT2D eigenvalue weighted by Crippen LogP contribution is 2.38. The van der Waals surface area contributed by atoms with E-state index in [9.17, 15) is 10.1 Å². The Morgan fingerprint density at radius 2 is 2.00 bits per heavy atom. The van der Waals surface area contributed by atoms with E-state index in [-0.39, 0.29) is 11.9 Å². The molecule has 0 aromatic heterocycles. The van der Waals surface area contributed by atoms with Crippen LogP contribution in [0.25, 0.3) is 0 Å². The summed E-state index contributed by atoms with van der Waals surface area (Å²) in [6.07, 6.45) is 7.24. The van der Waals surface area contributed by atoms with Crippen LogP contribution in [0.2, 0.25) is 0 Å². The molecular formula is C13H20N2O. The first-order valence-electron chi connectivity index (χ1n) is 6.40. The topological polar surface area (TPSA) is 52.9 Å². The molecule has 0 spiro atoms. The second kappa shape index (κ2) is 4.45.